The normalized spacial score (nSPS) is 12.4. The van der Waals surface area contributed by atoms with Gasteiger partial charge in [0.05, 0.1) is 0 Å². The van der Waals surface area contributed by atoms with Crippen LogP contribution in [0.25, 0.3) is 0 Å². The van der Waals surface area contributed by atoms with Gasteiger partial charge < -0.3 is 0 Å². The first-order valence-corrected chi connectivity index (χ1v) is 3.97. The Labute approximate surface area is 64.6 Å². The lowest BCUT2D eigenvalue weighted by atomic mass is 10.1. The Kier molecular flexibility index (Phi) is 6.25. The van der Waals surface area contributed by atoms with Gasteiger partial charge >= 0.3 is 0 Å². The molecule has 0 heteroatoms. The van der Waals surface area contributed by atoms with E-state index in [1.165, 1.54) is 5.92 Å². The number of hydrogen-bond acceptors (Lipinski definition) is 0. The first kappa shape index (κ1) is 9.48. The highest BCUT2D eigenvalue weighted by atomic mass is 13.9. The molecule has 0 atom stereocenters. The van der Waals surface area contributed by atoms with Gasteiger partial charge in [0, 0.05) is 5.92 Å². The van der Waals surface area contributed by atoms with Crippen molar-refractivity contribution >= 4 is 0 Å². The summed E-state index contributed by atoms with van der Waals surface area (Å²) < 4.78 is 0. The third-order valence-corrected chi connectivity index (χ3v) is 1.23. The molecule has 1 radical (unpaired) electrons. The monoisotopic (exact) mass is 137 g/mol. The maximum Gasteiger partial charge on any atom is 0.0156 e. The van der Waals surface area contributed by atoms with Crippen molar-refractivity contribution in [1.82, 2.24) is 0 Å². The molecule has 0 fully saturated rings. The summed E-state index contributed by atoms with van der Waals surface area (Å²) in [6.07, 6.45) is 10.9. The van der Waals surface area contributed by atoms with E-state index < -0.39 is 0 Å². The molecule has 0 saturated carbocycles. The van der Waals surface area contributed by atoms with E-state index in [1.54, 1.807) is 0 Å². The van der Waals surface area contributed by atoms with Gasteiger partial charge in [-0.2, -0.15) is 0 Å². The van der Waals surface area contributed by atoms with E-state index in [0.29, 0.717) is 0 Å². The van der Waals surface area contributed by atoms with Crippen LogP contribution in [0.1, 0.15) is 33.6 Å². The van der Waals surface area contributed by atoms with Crippen molar-refractivity contribution in [1.29, 1.82) is 0 Å². The quantitative estimate of drug-likeness (QED) is 0.556. The summed E-state index contributed by atoms with van der Waals surface area (Å²) >= 11 is 0. The second-order valence-electron chi connectivity index (χ2n) is 2.37. The van der Waals surface area contributed by atoms with Crippen molar-refractivity contribution in [2.45, 2.75) is 33.6 Å². The average Bonchev–Trinajstić information content (AvgIpc) is 1.97. The van der Waals surface area contributed by atoms with E-state index in [9.17, 15) is 0 Å². The standard InChI is InChI=1S/C10H17/c1-4-6-8-10(3)9-7-5-2/h6-9H,4-5H2,1-3H3. The van der Waals surface area contributed by atoms with Gasteiger partial charge in [-0.25, -0.2) is 0 Å². The highest BCUT2D eigenvalue weighted by molar-refractivity contribution is 5.19. The van der Waals surface area contributed by atoms with Crippen LogP contribution >= 0.6 is 0 Å². The maximum absolute atomic E-state index is 2.18. The number of allylic oxidation sites excluding steroid dienone is 4. The molecule has 0 bridgehead atoms. The average molecular weight is 137 g/mol. The molecule has 0 unspecified atom stereocenters. The van der Waals surface area contributed by atoms with E-state index in [4.69, 9.17) is 0 Å². The fourth-order valence-electron chi connectivity index (χ4n) is 0.663. The molecule has 0 rings (SSSR count). The summed E-state index contributed by atoms with van der Waals surface area (Å²) in [5.41, 5.74) is 0. The summed E-state index contributed by atoms with van der Waals surface area (Å²) in [7, 11) is 0. The Balaban J connectivity index is 3.52. The van der Waals surface area contributed by atoms with Crippen molar-refractivity contribution in [2.24, 2.45) is 0 Å². The van der Waals surface area contributed by atoms with E-state index >= 15 is 0 Å². The lowest BCUT2D eigenvalue weighted by Crippen LogP contribution is -1.77. The topological polar surface area (TPSA) is 0 Å². The molecule has 0 saturated heterocycles. The summed E-state index contributed by atoms with van der Waals surface area (Å²) in [6, 6.07) is 0. The largest absolute Gasteiger partial charge is 0.0879 e. The Morgan fingerprint density at radius 3 is 1.70 bits per heavy atom. The van der Waals surface area contributed by atoms with Gasteiger partial charge in [-0.15, -0.1) is 0 Å². The van der Waals surface area contributed by atoms with Crippen molar-refractivity contribution in [3.8, 4) is 0 Å². The lowest BCUT2D eigenvalue weighted by Gasteiger charge is -1.93. The lowest BCUT2D eigenvalue weighted by molar-refractivity contribution is 1.17. The van der Waals surface area contributed by atoms with Crippen molar-refractivity contribution < 1.29 is 0 Å². The maximum atomic E-state index is 2.18. The Bertz CT molecular complexity index is 95.2. The van der Waals surface area contributed by atoms with Gasteiger partial charge in [0.2, 0.25) is 0 Å². The smallest absolute Gasteiger partial charge is 0.0156 e. The molecule has 0 amide bonds. The van der Waals surface area contributed by atoms with Crippen LogP contribution in [0.3, 0.4) is 0 Å². The molecule has 0 aromatic carbocycles. The van der Waals surface area contributed by atoms with Crippen molar-refractivity contribution in [3.63, 3.8) is 0 Å². The van der Waals surface area contributed by atoms with Gasteiger partial charge in [0.25, 0.3) is 0 Å². The molecule has 0 aliphatic carbocycles. The molecular weight excluding hydrogens is 120 g/mol. The third-order valence-electron chi connectivity index (χ3n) is 1.23. The van der Waals surface area contributed by atoms with E-state index in [-0.39, 0.29) is 0 Å². The molecule has 10 heavy (non-hydrogen) atoms. The van der Waals surface area contributed by atoms with Crippen LogP contribution in [0, 0.1) is 5.92 Å². The van der Waals surface area contributed by atoms with Crippen LogP contribution in [-0.2, 0) is 0 Å². The first-order valence-electron chi connectivity index (χ1n) is 3.97. The molecule has 0 heterocycles. The highest BCUT2D eigenvalue weighted by Crippen LogP contribution is 2.03. The van der Waals surface area contributed by atoms with Crippen LogP contribution in [0.5, 0.6) is 0 Å². The summed E-state index contributed by atoms with van der Waals surface area (Å²) in [6.45, 7) is 6.42. The Morgan fingerprint density at radius 2 is 1.40 bits per heavy atom. The van der Waals surface area contributed by atoms with E-state index in [1.807, 2.05) is 0 Å². The van der Waals surface area contributed by atoms with Crippen LogP contribution in [0.2, 0.25) is 0 Å². The zero-order valence-electron chi connectivity index (χ0n) is 7.22. The summed E-state index contributed by atoms with van der Waals surface area (Å²) in [5.74, 6) is 1.34. The first-order chi connectivity index (χ1) is 4.81. The molecule has 0 nitrogen and oxygen atoms in total. The molecular formula is C10H17. The second-order valence-corrected chi connectivity index (χ2v) is 2.37. The molecule has 0 aliphatic heterocycles. The van der Waals surface area contributed by atoms with Gasteiger partial charge in [-0.1, -0.05) is 45.1 Å². The predicted molar refractivity (Wildman–Crippen MR) is 47.8 cm³/mol. The predicted octanol–water partition coefficient (Wildman–Crippen LogP) is 3.51. The van der Waals surface area contributed by atoms with Crippen molar-refractivity contribution in [3.05, 3.63) is 30.2 Å². The molecule has 0 aromatic heterocycles. The van der Waals surface area contributed by atoms with E-state index in [0.717, 1.165) is 12.8 Å². The minimum atomic E-state index is 1.12. The molecule has 0 N–H and O–H groups in total. The highest BCUT2D eigenvalue weighted by Gasteiger charge is 1.86. The van der Waals surface area contributed by atoms with Crippen molar-refractivity contribution in [2.75, 3.05) is 0 Å². The minimum absolute atomic E-state index is 1.12. The summed E-state index contributed by atoms with van der Waals surface area (Å²) in [5, 5.41) is 0. The molecule has 0 spiro atoms. The zero-order valence-corrected chi connectivity index (χ0v) is 7.22. The zero-order chi connectivity index (χ0) is 7.82. The van der Waals surface area contributed by atoms with Crippen LogP contribution in [0.15, 0.2) is 24.3 Å². The van der Waals surface area contributed by atoms with Gasteiger partial charge in [0.15, 0.2) is 0 Å². The Hall–Kier alpha value is -0.520. The van der Waals surface area contributed by atoms with Gasteiger partial charge in [0.1, 0.15) is 0 Å². The SMILES string of the molecule is CCC=C[C](C)C=CCC. The third kappa shape index (κ3) is 5.61. The minimum Gasteiger partial charge on any atom is -0.0879 e. The summed E-state index contributed by atoms with van der Waals surface area (Å²) in [4.78, 5) is 0. The van der Waals surface area contributed by atoms with E-state index in [2.05, 4.69) is 45.1 Å². The Morgan fingerprint density at radius 1 is 1.00 bits per heavy atom. The van der Waals surface area contributed by atoms with Crippen LogP contribution in [0.4, 0.5) is 0 Å². The molecule has 0 aromatic rings. The number of hydrogen-bond donors (Lipinski definition) is 0. The van der Waals surface area contributed by atoms with Crippen LogP contribution < -0.4 is 0 Å². The second kappa shape index (κ2) is 6.60. The fourth-order valence-corrected chi connectivity index (χ4v) is 0.663. The van der Waals surface area contributed by atoms with Crippen LogP contribution in [-0.4, -0.2) is 0 Å². The molecule has 57 valence electrons. The molecule has 0 aliphatic rings. The number of rotatable bonds is 4. The van der Waals surface area contributed by atoms with Gasteiger partial charge in [-0.05, 0) is 12.8 Å². The van der Waals surface area contributed by atoms with Gasteiger partial charge in [-0.3, -0.25) is 0 Å². The fraction of sp³-hybridized carbons (Fsp3) is 0.500.